The van der Waals surface area contributed by atoms with Crippen LogP contribution in [-0.2, 0) is 40.2 Å². The van der Waals surface area contributed by atoms with E-state index in [-0.39, 0.29) is 36.6 Å². The first kappa shape index (κ1) is 34.2. The van der Waals surface area contributed by atoms with E-state index in [0.29, 0.717) is 50.3 Å². The number of ether oxygens (including phenoxy) is 3. The minimum atomic E-state index is -0.848. The van der Waals surface area contributed by atoms with Gasteiger partial charge in [-0.25, -0.2) is 4.79 Å². The summed E-state index contributed by atoms with van der Waals surface area (Å²) < 4.78 is 19.6. The Balaban J connectivity index is 1.38. The first-order chi connectivity index (χ1) is 23.7. The van der Waals surface area contributed by atoms with Gasteiger partial charge < -0.3 is 35.5 Å². The Hall–Kier alpha value is -4.70. The number of rotatable bonds is 13. The van der Waals surface area contributed by atoms with Crippen LogP contribution in [0.5, 0.6) is 0 Å². The molecule has 0 aromatic heterocycles. The number of carbonyl (C=O) groups excluding carboxylic acids is 1. The van der Waals surface area contributed by atoms with Crippen molar-refractivity contribution >= 4 is 17.6 Å². The molecule has 2 fully saturated rings. The molecule has 2 amide bonds. The maximum Gasteiger partial charge on any atom is 0.321 e. The molecule has 0 spiro atoms. The van der Waals surface area contributed by atoms with Gasteiger partial charge in [0.15, 0.2) is 5.79 Å². The fourth-order valence-electron chi connectivity index (χ4n) is 7.06. The minimum Gasteiger partial charge on any atom is -0.398 e. The molecule has 49 heavy (non-hydrogen) atoms. The maximum absolute atomic E-state index is 15.1. The molecular formula is C40H47N5O4. The number of carbonyl (C=O) groups is 1. The van der Waals surface area contributed by atoms with Crippen LogP contribution < -0.4 is 11.5 Å². The predicted molar refractivity (Wildman–Crippen MR) is 192 cm³/mol. The number of amidine groups is 1. The highest BCUT2D eigenvalue weighted by molar-refractivity contribution is 6.00. The van der Waals surface area contributed by atoms with E-state index in [1.54, 1.807) is 6.07 Å². The van der Waals surface area contributed by atoms with Crippen molar-refractivity contribution in [3.63, 3.8) is 0 Å². The summed E-state index contributed by atoms with van der Waals surface area (Å²) in [7, 11) is 0. The molecule has 0 unspecified atom stereocenters. The van der Waals surface area contributed by atoms with Crippen molar-refractivity contribution in [3.8, 4) is 0 Å². The molecule has 2 heterocycles. The van der Waals surface area contributed by atoms with E-state index < -0.39 is 11.9 Å². The van der Waals surface area contributed by atoms with E-state index in [4.69, 9.17) is 31.1 Å². The quantitative estimate of drug-likeness (QED) is 0.0684. The molecule has 2 aliphatic rings. The lowest BCUT2D eigenvalue weighted by atomic mass is 9.91. The van der Waals surface area contributed by atoms with Gasteiger partial charge in [0.05, 0.1) is 18.7 Å². The fraction of sp³-hybridized carbons (Fsp3) is 0.350. The van der Waals surface area contributed by atoms with E-state index in [1.165, 1.54) is 0 Å². The summed E-state index contributed by atoms with van der Waals surface area (Å²) in [6.45, 7) is 5.68. The number of hydrogen-bond acceptors (Lipinski definition) is 6. The predicted octanol–water partition coefficient (Wildman–Crippen LogP) is 6.14. The van der Waals surface area contributed by atoms with E-state index in [1.807, 2.05) is 103 Å². The van der Waals surface area contributed by atoms with Crippen LogP contribution in [0, 0.1) is 5.41 Å². The second-order valence-corrected chi connectivity index (χ2v) is 13.4. The van der Waals surface area contributed by atoms with Gasteiger partial charge >= 0.3 is 6.03 Å². The van der Waals surface area contributed by atoms with Crippen molar-refractivity contribution in [1.82, 2.24) is 9.80 Å². The molecule has 4 aromatic carbocycles. The van der Waals surface area contributed by atoms with Gasteiger partial charge in [-0.05, 0) is 67.5 Å². The van der Waals surface area contributed by atoms with E-state index in [2.05, 4.69) is 24.3 Å². The zero-order valence-electron chi connectivity index (χ0n) is 28.3. The van der Waals surface area contributed by atoms with Crippen LogP contribution in [0.25, 0.3) is 0 Å². The molecule has 4 atom stereocenters. The summed E-state index contributed by atoms with van der Waals surface area (Å²) in [4.78, 5) is 19.0. The number of nitrogen functional groups attached to an aromatic ring is 2. The van der Waals surface area contributed by atoms with Gasteiger partial charge in [0.1, 0.15) is 18.0 Å². The van der Waals surface area contributed by atoms with Gasteiger partial charge in [-0.3, -0.25) is 5.41 Å². The van der Waals surface area contributed by atoms with Crippen LogP contribution in [0.2, 0.25) is 0 Å². The topological polar surface area (TPSA) is 127 Å². The Labute approximate surface area is 289 Å². The average Bonchev–Trinajstić information content (AvgIpc) is 3.40. The summed E-state index contributed by atoms with van der Waals surface area (Å²) in [5.41, 5.74) is 17.1. The number of amides is 2. The molecule has 2 aliphatic heterocycles. The first-order valence-corrected chi connectivity index (χ1v) is 17.0. The van der Waals surface area contributed by atoms with Crippen LogP contribution in [0.3, 0.4) is 0 Å². The number of nitrogens with zero attached hydrogens (tertiary/aromatic N) is 2. The summed E-state index contributed by atoms with van der Waals surface area (Å²) in [6, 6.07) is 35.3. The molecule has 0 saturated carbocycles. The number of nitrogens with two attached hydrogens (primary N) is 2. The second kappa shape index (κ2) is 15.2. The van der Waals surface area contributed by atoms with Crippen molar-refractivity contribution in [3.05, 3.63) is 137 Å². The van der Waals surface area contributed by atoms with Gasteiger partial charge in [-0.15, -0.1) is 0 Å². The molecule has 4 aromatic rings. The van der Waals surface area contributed by atoms with E-state index in [9.17, 15) is 0 Å². The normalized spacial score (nSPS) is 21.7. The minimum absolute atomic E-state index is 0.0921. The average molecular weight is 662 g/mol. The lowest BCUT2D eigenvalue weighted by Crippen LogP contribution is -2.52. The van der Waals surface area contributed by atoms with Crippen molar-refractivity contribution in [2.75, 3.05) is 18.9 Å². The standard InChI is InChI=1S/C40H47N5O4/c1-40(2)48-36-34(24-28-13-6-3-7-14-28)44(21-12-22-47-27-30-17-10-5-11-18-30)39(46)45(26-31-19-20-33(41)32(23-31)38(42)43)35(37(36)49-40)25-29-15-8-4-9-16-29/h3-11,13-20,23,34-37H,12,21-22,24-27,41H2,1-2H3,(H3,42,43)/t34-,35-,36+,37+/m1/s1. The molecule has 9 heteroatoms. The van der Waals surface area contributed by atoms with Gasteiger partial charge in [-0.1, -0.05) is 97.1 Å². The number of anilines is 1. The fourth-order valence-corrected chi connectivity index (χ4v) is 7.06. The number of nitrogens with one attached hydrogen (secondary N) is 1. The molecular weight excluding hydrogens is 614 g/mol. The van der Waals surface area contributed by atoms with Crippen molar-refractivity contribution < 1.29 is 19.0 Å². The molecule has 6 rings (SSSR count). The lowest BCUT2D eigenvalue weighted by molar-refractivity contribution is -0.157. The zero-order chi connectivity index (χ0) is 34.4. The smallest absolute Gasteiger partial charge is 0.321 e. The largest absolute Gasteiger partial charge is 0.398 e. The number of hydrogen-bond donors (Lipinski definition) is 3. The summed E-state index contributed by atoms with van der Waals surface area (Å²) >= 11 is 0. The summed E-state index contributed by atoms with van der Waals surface area (Å²) in [6.07, 6.45) is 1.04. The first-order valence-electron chi connectivity index (χ1n) is 17.0. The van der Waals surface area contributed by atoms with Crippen molar-refractivity contribution in [2.45, 2.75) is 76.3 Å². The van der Waals surface area contributed by atoms with E-state index >= 15 is 4.79 Å². The lowest BCUT2D eigenvalue weighted by Gasteiger charge is -2.37. The van der Waals surface area contributed by atoms with Crippen LogP contribution >= 0.6 is 0 Å². The number of benzene rings is 4. The Kier molecular flexibility index (Phi) is 10.6. The Morgan fingerprint density at radius 2 is 1.31 bits per heavy atom. The molecule has 2 saturated heterocycles. The van der Waals surface area contributed by atoms with Gasteiger partial charge in [0.25, 0.3) is 0 Å². The SMILES string of the molecule is CC1(C)O[C@@H]2[C@@H](O1)[C@@H](Cc1ccccc1)N(Cc1ccc(N)c(C(=N)N)c1)C(=O)N(CCCOCc1ccccc1)[C@@H]2Cc1ccccc1. The second-order valence-electron chi connectivity index (χ2n) is 13.4. The highest BCUT2D eigenvalue weighted by Crippen LogP contribution is 2.40. The van der Waals surface area contributed by atoms with Crippen molar-refractivity contribution in [1.29, 1.82) is 5.41 Å². The Bertz CT molecular complexity index is 1700. The Morgan fingerprint density at radius 3 is 1.86 bits per heavy atom. The monoisotopic (exact) mass is 661 g/mol. The zero-order valence-corrected chi connectivity index (χ0v) is 28.3. The van der Waals surface area contributed by atoms with Gasteiger partial charge in [0, 0.05) is 30.9 Å². The van der Waals surface area contributed by atoms with Crippen LogP contribution in [0.4, 0.5) is 10.5 Å². The van der Waals surface area contributed by atoms with Gasteiger partial charge in [0.2, 0.25) is 0 Å². The molecule has 0 bridgehead atoms. The third kappa shape index (κ3) is 8.31. The molecule has 256 valence electrons. The third-order valence-electron chi connectivity index (χ3n) is 9.35. The Morgan fingerprint density at radius 1 is 0.776 bits per heavy atom. The third-order valence-corrected chi connectivity index (χ3v) is 9.35. The van der Waals surface area contributed by atoms with Crippen LogP contribution in [-0.4, -0.2) is 64.9 Å². The highest BCUT2D eigenvalue weighted by Gasteiger charge is 2.55. The molecule has 0 aliphatic carbocycles. The van der Waals surface area contributed by atoms with Crippen molar-refractivity contribution in [2.24, 2.45) is 5.73 Å². The maximum atomic E-state index is 15.1. The number of fused-ring (bicyclic) bond motifs is 1. The van der Waals surface area contributed by atoms with Crippen LogP contribution in [0.15, 0.2) is 109 Å². The van der Waals surface area contributed by atoms with Crippen LogP contribution in [0.1, 0.15) is 48.1 Å². The molecule has 0 radical (unpaired) electrons. The number of urea groups is 1. The van der Waals surface area contributed by atoms with Gasteiger partial charge in [-0.2, -0.15) is 0 Å². The molecule has 9 nitrogen and oxygen atoms in total. The highest BCUT2D eigenvalue weighted by atomic mass is 16.8. The van der Waals surface area contributed by atoms with E-state index in [0.717, 1.165) is 22.3 Å². The summed E-state index contributed by atoms with van der Waals surface area (Å²) in [5.74, 6) is -0.963. The summed E-state index contributed by atoms with van der Waals surface area (Å²) in [5, 5.41) is 8.09. The molecule has 5 N–H and O–H groups in total.